The van der Waals surface area contributed by atoms with Crippen LogP contribution in [0.15, 0.2) is 12.4 Å². The molecule has 0 aliphatic heterocycles. The van der Waals surface area contributed by atoms with Gasteiger partial charge in [0, 0.05) is 13.3 Å². The molecule has 1 aromatic rings. The fourth-order valence-corrected chi connectivity index (χ4v) is 1.28. The van der Waals surface area contributed by atoms with Gasteiger partial charge in [0.15, 0.2) is 6.23 Å². The number of aromatic nitrogens is 2. The summed E-state index contributed by atoms with van der Waals surface area (Å²) in [6.45, 7) is 4.07. The lowest BCUT2D eigenvalue weighted by Crippen LogP contribution is -2.30. The predicted octanol–water partition coefficient (Wildman–Crippen LogP) is 0.912. The maximum atomic E-state index is 9.66. The number of aliphatic hydroxyl groups excluding tert-OH is 1. The third-order valence-electron chi connectivity index (χ3n) is 2.20. The highest BCUT2D eigenvalue weighted by Gasteiger charge is 2.15. The lowest BCUT2D eigenvalue weighted by atomic mass is 10.3. The minimum Gasteiger partial charge on any atom is -0.355 e. The first-order valence-electron chi connectivity index (χ1n) is 4.38. The number of imidazole rings is 1. The molecule has 1 N–H and O–H groups in total. The molecule has 0 radical (unpaired) electrons. The molecule has 0 aromatic carbocycles. The Morgan fingerprint density at radius 2 is 2.33 bits per heavy atom. The van der Waals surface area contributed by atoms with Gasteiger partial charge in [0.2, 0.25) is 0 Å². The zero-order chi connectivity index (χ0) is 9.14. The van der Waals surface area contributed by atoms with Gasteiger partial charge in [-0.1, -0.05) is 6.92 Å². The van der Waals surface area contributed by atoms with Gasteiger partial charge in [-0.05, 0) is 6.42 Å². The first-order valence-corrected chi connectivity index (χ1v) is 4.38. The standard InChI is InChI=1S/C9H17N2O/c1-4-5-9(12)11-7-6-10(3)8(11)2/h6-7,9,12H,4-5H2,1-3H3/q+1. The van der Waals surface area contributed by atoms with Crippen LogP contribution in [0.2, 0.25) is 0 Å². The van der Waals surface area contributed by atoms with E-state index in [4.69, 9.17) is 0 Å². The van der Waals surface area contributed by atoms with E-state index in [0.29, 0.717) is 0 Å². The third-order valence-corrected chi connectivity index (χ3v) is 2.20. The van der Waals surface area contributed by atoms with Crippen molar-refractivity contribution in [2.45, 2.75) is 32.9 Å². The first kappa shape index (κ1) is 9.26. The molecule has 3 heteroatoms. The lowest BCUT2D eigenvalue weighted by molar-refractivity contribution is -0.677. The van der Waals surface area contributed by atoms with E-state index in [2.05, 4.69) is 6.92 Å². The second kappa shape index (κ2) is 3.72. The fraction of sp³-hybridized carbons (Fsp3) is 0.667. The molecule has 0 spiro atoms. The van der Waals surface area contributed by atoms with Crippen LogP contribution < -0.4 is 4.57 Å². The second-order valence-electron chi connectivity index (χ2n) is 3.13. The van der Waals surface area contributed by atoms with Gasteiger partial charge in [-0.2, -0.15) is 0 Å². The molecule has 0 aliphatic rings. The van der Waals surface area contributed by atoms with Crippen LogP contribution in [-0.4, -0.2) is 9.67 Å². The SMILES string of the molecule is CCCC(O)n1cc[n+](C)c1C. The molecule has 12 heavy (non-hydrogen) atoms. The Morgan fingerprint density at radius 1 is 1.67 bits per heavy atom. The molecule has 1 atom stereocenters. The largest absolute Gasteiger partial charge is 0.355 e. The van der Waals surface area contributed by atoms with Gasteiger partial charge in [-0.15, -0.1) is 0 Å². The van der Waals surface area contributed by atoms with Crippen molar-refractivity contribution < 1.29 is 9.67 Å². The molecule has 0 bridgehead atoms. The van der Waals surface area contributed by atoms with Crippen molar-refractivity contribution in [1.82, 2.24) is 4.57 Å². The van der Waals surface area contributed by atoms with Crippen molar-refractivity contribution >= 4 is 0 Å². The maximum Gasteiger partial charge on any atom is 0.255 e. The van der Waals surface area contributed by atoms with Crippen LogP contribution in [0.5, 0.6) is 0 Å². The summed E-state index contributed by atoms with van der Waals surface area (Å²) in [6.07, 6.45) is 5.32. The van der Waals surface area contributed by atoms with Crippen LogP contribution in [0.3, 0.4) is 0 Å². The molecule has 0 saturated carbocycles. The molecule has 3 nitrogen and oxygen atoms in total. The number of hydrogen-bond donors (Lipinski definition) is 1. The van der Waals surface area contributed by atoms with E-state index in [1.165, 1.54) is 0 Å². The summed E-state index contributed by atoms with van der Waals surface area (Å²) >= 11 is 0. The van der Waals surface area contributed by atoms with E-state index in [1.54, 1.807) is 0 Å². The summed E-state index contributed by atoms with van der Waals surface area (Å²) < 4.78 is 3.89. The van der Waals surface area contributed by atoms with Gasteiger partial charge in [0.25, 0.3) is 5.82 Å². The highest BCUT2D eigenvalue weighted by molar-refractivity contribution is 4.81. The molecule has 0 saturated heterocycles. The molecule has 0 amide bonds. The zero-order valence-corrected chi connectivity index (χ0v) is 7.99. The summed E-state index contributed by atoms with van der Waals surface area (Å²) in [5.74, 6) is 1.08. The maximum absolute atomic E-state index is 9.66. The zero-order valence-electron chi connectivity index (χ0n) is 7.99. The fourth-order valence-electron chi connectivity index (χ4n) is 1.28. The molecule has 1 unspecified atom stereocenters. The molecule has 0 aliphatic carbocycles. The minimum absolute atomic E-state index is 0.365. The Labute approximate surface area is 73.3 Å². The van der Waals surface area contributed by atoms with Gasteiger partial charge >= 0.3 is 0 Å². The van der Waals surface area contributed by atoms with Gasteiger partial charge in [-0.3, -0.25) is 0 Å². The average Bonchev–Trinajstić information content (AvgIpc) is 2.34. The van der Waals surface area contributed by atoms with Crippen molar-refractivity contribution in [3.63, 3.8) is 0 Å². The van der Waals surface area contributed by atoms with E-state index < -0.39 is 0 Å². The summed E-state index contributed by atoms with van der Waals surface area (Å²) in [5.41, 5.74) is 0. The van der Waals surface area contributed by atoms with Gasteiger partial charge in [0.05, 0.1) is 7.05 Å². The normalized spacial score (nSPS) is 13.3. The highest BCUT2D eigenvalue weighted by Crippen LogP contribution is 2.10. The Bertz CT molecular complexity index is 255. The van der Waals surface area contributed by atoms with Gasteiger partial charge in [0.1, 0.15) is 12.4 Å². The summed E-state index contributed by atoms with van der Waals surface area (Å²) in [7, 11) is 1.98. The van der Waals surface area contributed by atoms with Crippen molar-refractivity contribution in [3.8, 4) is 0 Å². The van der Waals surface area contributed by atoms with Crippen molar-refractivity contribution in [2.75, 3.05) is 0 Å². The van der Waals surface area contributed by atoms with Crippen LogP contribution >= 0.6 is 0 Å². The number of hydrogen-bond acceptors (Lipinski definition) is 1. The smallest absolute Gasteiger partial charge is 0.255 e. The van der Waals surface area contributed by atoms with Crippen molar-refractivity contribution in [3.05, 3.63) is 18.2 Å². The Morgan fingerprint density at radius 3 is 2.75 bits per heavy atom. The van der Waals surface area contributed by atoms with Crippen LogP contribution in [0.1, 0.15) is 31.8 Å². The van der Waals surface area contributed by atoms with Gasteiger partial charge < -0.3 is 5.11 Å². The van der Waals surface area contributed by atoms with E-state index in [9.17, 15) is 5.11 Å². The summed E-state index contributed by atoms with van der Waals surface area (Å²) in [6, 6.07) is 0. The highest BCUT2D eigenvalue weighted by atomic mass is 16.3. The predicted molar refractivity (Wildman–Crippen MR) is 46.5 cm³/mol. The number of aliphatic hydroxyl groups is 1. The topological polar surface area (TPSA) is 29.0 Å². The summed E-state index contributed by atoms with van der Waals surface area (Å²) in [5, 5.41) is 9.66. The Balaban J connectivity index is 2.80. The number of aryl methyl sites for hydroxylation is 1. The minimum atomic E-state index is -0.365. The molecule has 1 heterocycles. The number of rotatable bonds is 3. The van der Waals surface area contributed by atoms with Crippen LogP contribution in [0.25, 0.3) is 0 Å². The Kier molecular flexibility index (Phi) is 2.87. The van der Waals surface area contributed by atoms with Crippen LogP contribution in [0, 0.1) is 6.92 Å². The Hall–Kier alpha value is -0.830. The van der Waals surface area contributed by atoms with E-state index >= 15 is 0 Å². The average molecular weight is 169 g/mol. The van der Waals surface area contributed by atoms with E-state index in [1.807, 2.05) is 35.5 Å². The molecule has 1 aromatic heterocycles. The quantitative estimate of drug-likeness (QED) is 0.670. The van der Waals surface area contributed by atoms with E-state index in [0.717, 1.165) is 18.7 Å². The molecular weight excluding hydrogens is 152 g/mol. The van der Waals surface area contributed by atoms with Crippen LogP contribution in [0.4, 0.5) is 0 Å². The molecule has 0 fully saturated rings. The molecule has 68 valence electrons. The van der Waals surface area contributed by atoms with Crippen molar-refractivity contribution in [1.29, 1.82) is 0 Å². The molecule has 1 rings (SSSR count). The van der Waals surface area contributed by atoms with E-state index in [-0.39, 0.29) is 6.23 Å². The van der Waals surface area contributed by atoms with Crippen molar-refractivity contribution in [2.24, 2.45) is 7.05 Å². The molecular formula is C9H17N2O+. The number of nitrogens with zero attached hydrogens (tertiary/aromatic N) is 2. The van der Waals surface area contributed by atoms with Crippen LogP contribution in [-0.2, 0) is 7.05 Å². The summed E-state index contributed by atoms with van der Waals surface area (Å²) in [4.78, 5) is 0. The first-order chi connectivity index (χ1) is 5.66. The third kappa shape index (κ3) is 1.67. The van der Waals surface area contributed by atoms with Gasteiger partial charge in [-0.25, -0.2) is 9.13 Å². The second-order valence-corrected chi connectivity index (χ2v) is 3.13. The lowest BCUT2D eigenvalue weighted by Gasteiger charge is -2.05. The monoisotopic (exact) mass is 169 g/mol.